The average Bonchev–Trinajstić information content (AvgIpc) is 3.24. The van der Waals surface area contributed by atoms with Gasteiger partial charge in [-0.25, -0.2) is 4.79 Å². The summed E-state index contributed by atoms with van der Waals surface area (Å²) in [7, 11) is 1.39. The van der Waals surface area contributed by atoms with Crippen molar-refractivity contribution >= 4 is 23.1 Å². The highest BCUT2D eigenvalue weighted by atomic mass is 35.5. The predicted octanol–water partition coefficient (Wildman–Crippen LogP) is 5.09. The first-order chi connectivity index (χ1) is 11.5. The second kappa shape index (κ2) is 6.81. The lowest BCUT2D eigenvalue weighted by Crippen LogP contribution is -2.14. The molecule has 0 spiro atoms. The van der Waals surface area contributed by atoms with Gasteiger partial charge in [-0.05, 0) is 47.8 Å². The van der Waals surface area contributed by atoms with Crippen molar-refractivity contribution in [1.29, 1.82) is 0 Å². The van der Waals surface area contributed by atoms with Crippen molar-refractivity contribution in [3.8, 4) is 0 Å². The van der Waals surface area contributed by atoms with Gasteiger partial charge in [0.1, 0.15) is 0 Å². The molecule has 6 nitrogen and oxygen atoms in total. The number of hydrogen-bond acceptors (Lipinski definition) is 6. The van der Waals surface area contributed by atoms with Crippen molar-refractivity contribution < 1.29 is 9.53 Å². The largest absolute Gasteiger partial charge is 0.465 e. The molecule has 1 aliphatic heterocycles. The summed E-state index contributed by atoms with van der Waals surface area (Å²) in [5.41, 5.74) is 1.08. The van der Waals surface area contributed by atoms with Gasteiger partial charge >= 0.3 is 5.97 Å². The summed E-state index contributed by atoms with van der Waals surface area (Å²) in [6.45, 7) is 1.78. The lowest BCUT2D eigenvalue weighted by atomic mass is 9.95. The Balaban J connectivity index is 1.97. The number of allylic oxidation sites excluding steroid dienone is 1. The van der Waals surface area contributed by atoms with E-state index in [9.17, 15) is 4.79 Å². The van der Waals surface area contributed by atoms with Crippen LogP contribution in [0.25, 0.3) is 5.57 Å². The van der Waals surface area contributed by atoms with E-state index in [1.165, 1.54) is 20.0 Å². The van der Waals surface area contributed by atoms with Crippen LogP contribution in [0.5, 0.6) is 0 Å². The second-order valence-electron chi connectivity index (χ2n) is 6.21. The lowest BCUT2D eigenvalue weighted by Gasteiger charge is -2.17. The zero-order valence-electron chi connectivity index (χ0n) is 13.7. The first-order valence-electron chi connectivity index (χ1n) is 7.98. The van der Waals surface area contributed by atoms with Gasteiger partial charge in [-0.3, -0.25) is 0 Å². The molecule has 0 bridgehead atoms. The zero-order chi connectivity index (χ0) is 17.2. The Morgan fingerprint density at radius 3 is 2.54 bits per heavy atom. The van der Waals surface area contributed by atoms with E-state index in [0.29, 0.717) is 22.1 Å². The van der Waals surface area contributed by atoms with E-state index in [0.717, 1.165) is 18.4 Å². The van der Waals surface area contributed by atoms with E-state index in [1.807, 2.05) is 18.2 Å². The van der Waals surface area contributed by atoms with E-state index in [4.69, 9.17) is 16.3 Å². The number of esters is 1. The fraction of sp³-hybridized carbons (Fsp3) is 0.471. The lowest BCUT2D eigenvalue weighted by molar-refractivity contribution is -0.133. The molecule has 0 amide bonds. The summed E-state index contributed by atoms with van der Waals surface area (Å²) < 4.78 is 4.95. The molecule has 1 saturated carbocycles. The molecule has 0 radical (unpaired) electrons. The van der Waals surface area contributed by atoms with Gasteiger partial charge in [-0.15, -0.1) is 10.2 Å². The Bertz CT molecular complexity index is 724. The first kappa shape index (κ1) is 16.8. The number of carbonyl (C=O) groups is 1. The number of benzene rings is 1. The minimum Gasteiger partial charge on any atom is -0.465 e. The van der Waals surface area contributed by atoms with Crippen LogP contribution in [0.15, 0.2) is 45.0 Å². The highest BCUT2D eigenvalue weighted by molar-refractivity contribution is 6.32. The number of halogens is 1. The fourth-order valence-electron chi connectivity index (χ4n) is 3.16. The van der Waals surface area contributed by atoms with Crippen molar-refractivity contribution in [1.82, 2.24) is 0 Å². The molecule has 1 aliphatic carbocycles. The number of rotatable bonds is 4. The van der Waals surface area contributed by atoms with E-state index < -0.39 is 5.66 Å². The van der Waals surface area contributed by atoms with Gasteiger partial charge in [0.25, 0.3) is 0 Å². The van der Waals surface area contributed by atoms with Crippen molar-refractivity contribution in [3.63, 3.8) is 0 Å². The Hall–Kier alpha value is -2.08. The van der Waals surface area contributed by atoms with Gasteiger partial charge in [0.15, 0.2) is 0 Å². The molecule has 1 heterocycles. The quantitative estimate of drug-likeness (QED) is 0.562. The average molecular weight is 347 g/mol. The van der Waals surface area contributed by atoms with Gasteiger partial charge in [-0.1, -0.05) is 42.7 Å². The molecule has 1 aromatic rings. The molecule has 126 valence electrons. The van der Waals surface area contributed by atoms with Crippen LogP contribution in [0.1, 0.15) is 43.7 Å². The number of hydrogen-bond donors (Lipinski definition) is 0. The van der Waals surface area contributed by atoms with Crippen LogP contribution in [0, 0.1) is 5.92 Å². The fourth-order valence-corrected chi connectivity index (χ4v) is 3.52. The maximum Gasteiger partial charge on any atom is 0.338 e. The van der Waals surface area contributed by atoms with E-state index in [1.54, 1.807) is 13.0 Å². The summed E-state index contributed by atoms with van der Waals surface area (Å²) in [5.74, 6) is 0.0599. The van der Waals surface area contributed by atoms with Crippen molar-refractivity contribution in [2.75, 3.05) is 7.11 Å². The molecule has 0 saturated heterocycles. The Labute approximate surface area is 145 Å². The zero-order valence-corrected chi connectivity index (χ0v) is 14.5. The maximum atomic E-state index is 12.2. The van der Waals surface area contributed by atoms with Crippen LogP contribution >= 0.6 is 11.6 Å². The third-order valence-electron chi connectivity index (χ3n) is 4.52. The monoisotopic (exact) mass is 346 g/mol. The number of carbonyl (C=O) groups excluding carboxylic acids is 1. The normalized spacial score (nSPS) is 19.9. The molecule has 24 heavy (non-hydrogen) atoms. The Morgan fingerprint density at radius 1 is 1.29 bits per heavy atom. The summed E-state index contributed by atoms with van der Waals surface area (Å²) in [6, 6.07) is 5.41. The summed E-state index contributed by atoms with van der Waals surface area (Å²) in [6.07, 6.45) is 6.62. The van der Waals surface area contributed by atoms with E-state index in [-0.39, 0.29) is 5.97 Å². The number of ether oxygens (including phenoxy) is 1. The van der Waals surface area contributed by atoms with Crippen LogP contribution in [0.4, 0.5) is 0 Å². The van der Waals surface area contributed by atoms with Crippen molar-refractivity contribution in [2.24, 2.45) is 26.6 Å². The summed E-state index contributed by atoms with van der Waals surface area (Å²) >= 11 is 6.43. The molecule has 0 N–H and O–H groups in total. The maximum absolute atomic E-state index is 12.2. The van der Waals surface area contributed by atoms with Crippen molar-refractivity contribution in [3.05, 3.63) is 40.4 Å². The smallest absolute Gasteiger partial charge is 0.338 e. The van der Waals surface area contributed by atoms with Gasteiger partial charge in [0, 0.05) is 10.6 Å². The molecule has 0 atom stereocenters. The summed E-state index contributed by atoms with van der Waals surface area (Å²) in [4.78, 5) is 12.2. The van der Waals surface area contributed by atoms with Crippen molar-refractivity contribution in [2.45, 2.75) is 38.3 Å². The van der Waals surface area contributed by atoms with E-state index in [2.05, 4.69) is 20.7 Å². The van der Waals surface area contributed by atoms with Gasteiger partial charge in [0.2, 0.25) is 5.66 Å². The van der Waals surface area contributed by atoms with Gasteiger partial charge in [0.05, 0.1) is 12.7 Å². The highest BCUT2D eigenvalue weighted by Gasteiger charge is 2.32. The summed E-state index contributed by atoms with van der Waals surface area (Å²) in [5, 5.41) is 15.6. The van der Waals surface area contributed by atoms with Crippen LogP contribution in [-0.2, 0) is 15.2 Å². The van der Waals surface area contributed by atoms with Crippen LogP contribution in [0.3, 0.4) is 0 Å². The topological polar surface area (TPSA) is 75.7 Å². The SMILES string of the molecule is COC(=O)/C(=C/C1CCCC1)c1ccc(C2(C)N=NN=N2)c(Cl)c1. The first-order valence-corrected chi connectivity index (χ1v) is 8.36. The number of methoxy groups -OCH3 is 1. The third kappa shape index (κ3) is 3.24. The second-order valence-corrected chi connectivity index (χ2v) is 6.62. The molecule has 0 aromatic heterocycles. The number of nitrogens with zero attached hydrogens (tertiary/aromatic N) is 4. The van der Waals surface area contributed by atoms with Crippen LogP contribution < -0.4 is 0 Å². The minimum atomic E-state index is -0.907. The van der Waals surface area contributed by atoms with Gasteiger partial charge < -0.3 is 4.74 Å². The van der Waals surface area contributed by atoms with E-state index >= 15 is 0 Å². The standard InChI is InChI=1S/C17H19ClN4O2/c1-17(19-21-22-20-17)14-8-7-12(10-15(14)18)13(16(23)24-2)9-11-5-3-4-6-11/h7-11H,3-6H2,1-2H3/b13-9+. The molecule has 1 fully saturated rings. The Kier molecular flexibility index (Phi) is 4.76. The predicted molar refractivity (Wildman–Crippen MR) is 90.5 cm³/mol. The van der Waals surface area contributed by atoms with Crippen LogP contribution in [-0.4, -0.2) is 13.1 Å². The molecule has 7 heteroatoms. The molecule has 2 aliphatic rings. The Morgan fingerprint density at radius 2 is 1.96 bits per heavy atom. The molecule has 0 unspecified atom stereocenters. The molecule has 1 aromatic carbocycles. The molecular formula is C17H19ClN4O2. The minimum absolute atomic E-state index is 0.350. The molecular weight excluding hydrogens is 328 g/mol. The van der Waals surface area contributed by atoms with Crippen LogP contribution in [0.2, 0.25) is 5.02 Å². The van der Waals surface area contributed by atoms with Gasteiger partial charge in [-0.2, -0.15) is 0 Å². The third-order valence-corrected chi connectivity index (χ3v) is 4.83. The molecule has 3 rings (SSSR count). The highest BCUT2D eigenvalue weighted by Crippen LogP contribution is 2.38.